The van der Waals surface area contributed by atoms with Gasteiger partial charge in [-0.3, -0.25) is 37.3 Å². The molecule has 0 rings (SSSR count). The molecule has 0 aliphatic rings. The van der Waals surface area contributed by atoms with Gasteiger partial charge in [-0.25, -0.2) is 9.13 Å². The van der Waals surface area contributed by atoms with E-state index in [-0.39, 0.29) is 25.7 Å². The maximum atomic E-state index is 13.1. The lowest BCUT2D eigenvalue weighted by atomic mass is 10.0. The fraction of sp³-hybridized carbons (Fsp3) is 0.948. The summed E-state index contributed by atoms with van der Waals surface area (Å²) < 4.78 is 68.6. The average Bonchev–Trinajstić information content (AvgIpc) is 1.11. The first-order valence-corrected chi connectivity index (χ1v) is 42.8. The van der Waals surface area contributed by atoms with Crippen LogP contribution in [0.5, 0.6) is 0 Å². The quantitative estimate of drug-likeness (QED) is 0.0222. The number of ether oxygens (including phenoxy) is 4. The lowest BCUT2D eigenvalue weighted by molar-refractivity contribution is -0.161. The molecule has 0 aliphatic heterocycles. The molecule has 0 fully saturated rings. The highest BCUT2D eigenvalue weighted by Crippen LogP contribution is 2.45. The summed E-state index contributed by atoms with van der Waals surface area (Å²) in [5.74, 6) is 0.172. The van der Waals surface area contributed by atoms with Crippen LogP contribution in [-0.2, 0) is 65.4 Å². The molecule has 0 amide bonds. The van der Waals surface area contributed by atoms with E-state index >= 15 is 0 Å². The van der Waals surface area contributed by atoms with Crippen molar-refractivity contribution in [3.63, 3.8) is 0 Å². The van der Waals surface area contributed by atoms with Crippen molar-refractivity contribution in [2.45, 2.75) is 414 Å². The molecule has 0 spiro atoms. The lowest BCUT2D eigenvalue weighted by Gasteiger charge is -2.21. The molecule has 0 bridgehead atoms. The SMILES string of the molecule is CCCCCCCCCCCCCCCCCC(=O)OC[C@H](COP(=O)(O)OC[C@@H](O)COP(=O)(O)OC[C@@H](COC(=O)CCCCCCCCCCCCC(C)C)OC(=O)CCCCCCCCCCCCC(C)C)OC(=O)CCCCCCCCCCCCCCC(C)C. The predicted molar refractivity (Wildman–Crippen MR) is 391 cm³/mol. The zero-order chi connectivity index (χ0) is 70.9. The summed E-state index contributed by atoms with van der Waals surface area (Å²) in [6.45, 7) is 11.9. The number of esters is 4. The van der Waals surface area contributed by atoms with Crippen LogP contribution in [0.1, 0.15) is 395 Å². The number of hydrogen-bond acceptors (Lipinski definition) is 15. The van der Waals surface area contributed by atoms with Gasteiger partial charge in [0.15, 0.2) is 12.2 Å². The van der Waals surface area contributed by atoms with Crippen LogP contribution in [0.3, 0.4) is 0 Å². The molecule has 96 heavy (non-hydrogen) atoms. The molecule has 17 nitrogen and oxygen atoms in total. The first-order valence-electron chi connectivity index (χ1n) is 39.8. The second kappa shape index (κ2) is 67.5. The van der Waals surface area contributed by atoms with E-state index in [1.165, 1.54) is 205 Å². The Bertz CT molecular complexity index is 1870. The molecule has 0 radical (unpaired) electrons. The van der Waals surface area contributed by atoms with Crippen molar-refractivity contribution in [2.75, 3.05) is 39.6 Å². The molecule has 0 heterocycles. The first kappa shape index (κ1) is 94.1. The van der Waals surface area contributed by atoms with Crippen molar-refractivity contribution in [1.82, 2.24) is 0 Å². The smallest absolute Gasteiger partial charge is 0.462 e. The highest BCUT2D eigenvalue weighted by molar-refractivity contribution is 7.47. The molecule has 0 aromatic carbocycles. The maximum absolute atomic E-state index is 13.1. The fourth-order valence-corrected chi connectivity index (χ4v) is 13.4. The Labute approximate surface area is 588 Å². The average molecular weight is 1410 g/mol. The number of aliphatic hydroxyl groups is 1. The van der Waals surface area contributed by atoms with Gasteiger partial charge in [0.2, 0.25) is 0 Å². The van der Waals surface area contributed by atoms with Crippen LogP contribution in [0.25, 0.3) is 0 Å². The number of carbonyl (C=O) groups is 4. The molecule has 5 atom stereocenters. The minimum absolute atomic E-state index is 0.106. The van der Waals surface area contributed by atoms with Gasteiger partial charge in [-0.1, -0.05) is 344 Å². The molecule has 570 valence electrons. The van der Waals surface area contributed by atoms with Crippen molar-refractivity contribution in [3.8, 4) is 0 Å². The molecule has 3 N–H and O–H groups in total. The second-order valence-electron chi connectivity index (χ2n) is 29.2. The van der Waals surface area contributed by atoms with Crippen LogP contribution in [0.2, 0.25) is 0 Å². The lowest BCUT2D eigenvalue weighted by Crippen LogP contribution is -2.30. The normalized spacial score (nSPS) is 14.1. The predicted octanol–water partition coefficient (Wildman–Crippen LogP) is 22.6. The van der Waals surface area contributed by atoms with E-state index in [0.717, 1.165) is 108 Å². The summed E-state index contributed by atoms with van der Waals surface area (Å²) in [6, 6.07) is 0. The van der Waals surface area contributed by atoms with Crippen LogP contribution in [0, 0.1) is 17.8 Å². The van der Waals surface area contributed by atoms with Crippen molar-refractivity contribution in [1.29, 1.82) is 0 Å². The number of carbonyl (C=O) groups excluding carboxylic acids is 4. The second-order valence-corrected chi connectivity index (χ2v) is 32.1. The highest BCUT2D eigenvalue weighted by Gasteiger charge is 2.30. The van der Waals surface area contributed by atoms with Gasteiger partial charge in [0.25, 0.3) is 0 Å². The molecule has 0 saturated carbocycles. The van der Waals surface area contributed by atoms with Gasteiger partial charge in [-0.05, 0) is 43.4 Å². The number of phosphoric ester groups is 2. The van der Waals surface area contributed by atoms with Gasteiger partial charge in [0.1, 0.15) is 19.3 Å². The standard InChI is InChI=1S/C77H150O17P2/c1-8-9-10-11-12-13-14-15-16-17-21-30-37-44-51-58-74(79)87-64-72(93-76(81)60-53-46-39-32-22-19-18-20-27-34-41-48-55-68(2)3)66-91-95(83,84)89-62-71(78)63-90-96(85,86)92-67-73(94-77(82)61-54-47-40-33-26-24-29-36-43-50-57-70(6)7)65-88-75(80)59-52-45-38-31-25-23-28-35-42-49-56-69(4)5/h68-73,78H,8-67H2,1-7H3,(H,83,84)(H,85,86)/t71-,72-,73-/m1/s1. The molecule has 0 aliphatic carbocycles. The fourth-order valence-electron chi connectivity index (χ4n) is 11.8. The summed E-state index contributed by atoms with van der Waals surface area (Å²) in [7, 11) is -9.92. The molecule has 0 saturated heterocycles. The van der Waals surface area contributed by atoms with E-state index in [9.17, 15) is 43.2 Å². The minimum Gasteiger partial charge on any atom is -0.462 e. The third-order valence-corrected chi connectivity index (χ3v) is 19.8. The van der Waals surface area contributed by atoms with Crippen LogP contribution in [0.4, 0.5) is 0 Å². The van der Waals surface area contributed by atoms with Crippen molar-refractivity contribution < 1.29 is 80.2 Å². The van der Waals surface area contributed by atoms with Crippen molar-refractivity contribution in [2.24, 2.45) is 17.8 Å². The van der Waals surface area contributed by atoms with Crippen LogP contribution < -0.4 is 0 Å². The number of hydrogen-bond donors (Lipinski definition) is 3. The van der Waals surface area contributed by atoms with E-state index in [0.29, 0.717) is 25.7 Å². The van der Waals surface area contributed by atoms with Gasteiger partial charge in [-0.15, -0.1) is 0 Å². The number of phosphoric acid groups is 2. The Balaban J connectivity index is 5.27. The highest BCUT2D eigenvalue weighted by atomic mass is 31.2. The third kappa shape index (κ3) is 70.5. The molecule has 0 aromatic rings. The van der Waals surface area contributed by atoms with Gasteiger partial charge in [0.05, 0.1) is 26.4 Å². The van der Waals surface area contributed by atoms with Crippen LogP contribution in [-0.4, -0.2) is 96.7 Å². The molecular formula is C77H150O17P2. The summed E-state index contributed by atoms with van der Waals surface area (Å²) in [5, 5.41) is 10.6. The Morgan fingerprint density at radius 2 is 0.479 bits per heavy atom. The maximum Gasteiger partial charge on any atom is 0.472 e. The summed E-state index contributed by atoms with van der Waals surface area (Å²) >= 11 is 0. The Morgan fingerprint density at radius 3 is 0.708 bits per heavy atom. The van der Waals surface area contributed by atoms with Crippen LogP contribution in [0.15, 0.2) is 0 Å². The van der Waals surface area contributed by atoms with Crippen molar-refractivity contribution >= 4 is 39.5 Å². The topological polar surface area (TPSA) is 237 Å². The third-order valence-electron chi connectivity index (χ3n) is 17.9. The summed E-state index contributed by atoms with van der Waals surface area (Å²) in [6.07, 6.45) is 54.0. The van der Waals surface area contributed by atoms with E-state index < -0.39 is 97.5 Å². The van der Waals surface area contributed by atoms with E-state index in [4.69, 9.17) is 37.0 Å². The van der Waals surface area contributed by atoms with E-state index in [1.54, 1.807) is 0 Å². The van der Waals surface area contributed by atoms with Crippen molar-refractivity contribution in [3.05, 3.63) is 0 Å². The van der Waals surface area contributed by atoms with E-state index in [1.807, 2.05) is 0 Å². The molecule has 2 unspecified atom stereocenters. The van der Waals surface area contributed by atoms with Gasteiger partial charge < -0.3 is 33.8 Å². The minimum atomic E-state index is -4.96. The molecular weight excluding hydrogens is 1260 g/mol. The zero-order valence-corrected chi connectivity index (χ0v) is 64.6. The summed E-state index contributed by atoms with van der Waals surface area (Å²) in [5.41, 5.74) is 0. The molecule has 19 heteroatoms. The number of unbranched alkanes of at least 4 members (excludes halogenated alkanes) is 43. The first-order chi connectivity index (χ1) is 46.2. The zero-order valence-electron chi connectivity index (χ0n) is 62.8. The number of rotatable bonds is 75. The van der Waals surface area contributed by atoms with Crippen LogP contribution >= 0.6 is 15.6 Å². The monoisotopic (exact) mass is 1410 g/mol. The Kier molecular flexibility index (Phi) is 66.2. The van der Waals surface area contributed by atoms with E-state index in [2.05, 4.69) is 48.5 Å². The summed E-state index contributed by atoms with van der Waals surface area (Å²) in [4.78, 5) is 72.9. The molecule has 0 aromatic heterocycles. The van der Waals surface area contributed by atoms with Gasteiger partial charge in [0, 0.05) is 25.7 Å². The number of aliphatic hydroxyl groups excluding tert-OH is 1. The van der Waals surface area contributed by atoms with Gasteiger partial charge in [-0.2, -0.15) is 0 Å². The van der Waals surface area contributed by atoms with Gasteiger partial charge >= 0.3 is 39.5 Å². The Morgan fingerprint density at radius 1 is 0.281 bits per heavy atom. The largest absolute Gasteiger partial charge is 0.472 e. The Hall–Kier alpha value is -1.94.